The highest BCUT2D eigenvalue weighted by atomic mass is 32.1. The zero-order valence-corrected chi connectivity index (χ0v) is 15.1. The Morgan fingerprint density at radius 2 is 1.89 bits per heavy atom. The van der Waals surface area contributed by atoms with Gasteiger partial charge in [-0.05, 0) is 36.5 Å². The first kappa shape index (κ1) is 16.5. The summed E-state index contributed by atoms with van der Waals surface area (Å²) in [6, 6.07) is 13.3. The van der Waals surface area contributed by atoms with Crippen LogP contribution in [0.1, 0.15) is 12.5 Å². The van der Waals surface area contributed by atoms with Gasteiger partial charge in [0.25, 0.3) is 0 Å². The van der Waals surface area contributed by atoms with Crippen LogP contribution < -0.4 is 0 Å². The zero-order valence-electron chi connectivity index (χ0n) is 14.3. The monoisotopic (exact) mass is 380 g/mol. The van der Waals surface area contributed by atoms with Crippen LogP contribution in [0.3, 0.4) is 0 Å². The van der Waals surface area contributed by atoms with Crippen LogP contribution in [-0.4, -0.2) is 44.1 Å². The summed E-state index contributed by atoms with van der Waals surface area (Å²) in [6.07, 6.45) is 2.76. The second kappa shape index (κ2) is 6.49. The van der Waals surface area contributed by atoms with Crippen LogP contribution in [0.2, 0.25) is 0 Å². The number of hydrogen-bond donors (Lipinski definition) is 0. The predicted molar refractivity (Wildman–Crippen MR) is 98.9 cm³/mol. The summed E-state index contributed by atoms with van der Waals surface area (Å²) in [5.41, 5.74) is 1.80. The highest BCUT2D eigenvalue weighted by Crippen LogP contribution is 2.34. The van der Waals surface area contributed by atoms with Crippen molar-refractivity contribution >= 4 is 18.0 Å². The van der Waals surface area contributed by atoms with Crippen LogP contribution in [0, 0.1) is 4.77 Å². The number of benzene rings is 1. The zero-order chi connectivity index (χ0) is 18.4. The quantitative estimate of drug-likeness (QED) is 0.651. The molecule has 2 saturated heterocycles. The van der Waals surface area contributed by atoms with Crippen molar-refractivity contribution in [1.82, 2.24) is 19.3 Å². The molecule has 2 fully saturated rings. The van der Waals surface area contributed by atoms with E-state index in [1.54, 1.807) is 17.1 Å². The van der Waals surface area contributed by atoms with E-state index < -0.39 is 6.29 Å². The Labute approximate surface area is 160 Å². The number of carbonyl (C=O) groups excluding carboxylic acids is 1. The summed E-state index contributed by atoms with van der Waals surface area (Å²) < 4.78 is 15.3. The molecule has 5 rings (SSSR count). The van der Waals surface area contributed by atoms with E-state index in [-0.39, 0.29) is 17.9 Å². The third-order valence-corrected chi connectivity index (χ3v) is 5.25. The molecular formula is C19H16N4O3S. The van der Waals surface area contributed by atoms with Gasteiger partial charge in [0.05, 0.1) is 12.6 Å². The van der Waals surface area contributed by atoms with Crippen molar-refractivity contribution < 1.29 is 14.3 Å². The summed E-state index contributed by atoms with van der Waals surface area (Å²) in [4.78, 5) is 16.3. The van der Waals surface area contributed by atoms with Crippen molar-refractivity contribution in [3.63, 3.8) is 0 Å². The van der Waals surface area contributed by atoms with Crippen LogP contribution in [0.4, 0.5) is 0 Å². The van der Waals surface area contributed by atoms with E-state index in [0.717, 1.165) is 11.3 Å². The summed E-state index contributed by atoms with van der Waals surface area (Å²) in [5.74, 6) is 0.623. The molecule has 136 valence electrons. The molecule has 0 saturated carbocycles. The molecule has 8 heteroatoms. The Morgan fingerprint density at radius 1 is 1.11 bits per heavy atom. The number of fused-ring (bicyclic) bond motifs is 2. The molecule has 2 aliphatic heterocycles. The fourth-order valence-corrected chi connectivity index (χ4v) is 3.93. The first-order chi connectivity index (χ1) is 13.2. The van der Waals surface area contributed by atoms with Gasteiger partial charge in [0.1, 0.15) is 6.10 Å². The smallest absolute Gasteiger partial charge is 0.218 e. The van der Waals surface area contributed by atoms with Crippen molar-refractivity contribution in [3.05, 3.63) is 59.6 Å². The van der Waals surface area contributed by atoms with Crippen LogP contribution in [-0.2, 0) is 14.3 Å². The Hall–Kier alpha value is -2.68. The number of hydrogen-bond acceptors (Lipinski definition) is 6. The van der Waals surface area contributed by atoms with Crippen molar-refractivity contribution in [3.8, 4) is 17.1 Å². The molecule has 2 aliphatic rings. The Balaban J connectivity index is 1.69. The second-order valence-electron chi connectivity index (χ2n) is 6.54. The normalized spacial score (nSPS) is 24.3. The number of ketones is 1. The maximum Gasteiger partial charge on any atom is 0.218 e. The van der Waals surface area contributed by atoms with Crippen LogP contribution in [0.15, 0.2) is 54.9 Å². The predicted octanol–water partition coefficient (Wildman–Crippen LogP) is 2.72. The molecule has 0 spiro atoms. The number of ether oxygens (including phenoxy) is 2. The summed E-state index contributed by atoms with van der Waals surface area (Å²) in [6.45, 7) is 0.367. The fourth-order valence-electron chi connectivity index (χ4n) is 3.56. The van der Waals surface area contributed by atoms with Crippen molar-refractivity contribution in [2.24, 2.45) is 0 Å². The molecule has 2 bridgehead atoms. The number of rotatable bonds is 3. The molecule has 0 aliphatic carbocycles. The second-order valence-corrected chi connectivity index (χ2v) is 6.90. The van der Waals surface area contributed by atoms with Gasteiger partial charge in [-0.2, -0.15) is 5.10 Å². The Bertz CT molecular complexity index is 1050. The number of carbonyl (C=O) groups is 1. The van der Waals surface area contributed by atoms with E-state index in [1.165, 1.54) is 0 Å². The highest BCUT2D eigenvalue weighted by Gasteiger charge is 2.45. The Morgan fingerprint density at radius 3 is 2.67 bits per heavy atom. The van der Waals surface area contributed by atoms with E-state index in [1.807, 2.05) is 47.0 Å². The molecule has 0 radical (unpaired) electrons. The van der Waals surface area contributed by atoms with Gasteiger partial charge in [0.15, 0.2) is 11.6 Å². The van der Waals surface area contributed by atoms with E-state index in [4.69, 9.17) is 26.8 Å². The molecule has 3 atom stereocenters. The lowest BCUT2D eigenvalue weighted by molar-refractivity contribution is -0.156. The van der Waals surface area contributed by atoms with Gasteiger partial charge in [0.2, 0.25) is 11.1 Å². The van der Waals surface area contributed by atoms with Crippen LogP contribution in [0.25, 0.3) is 17.1 Å². The topological polar surface area (TPSA) is 71.2 Å². The third-order valence-electron chi connectivity index (χ3n) is 4.88. The maximum atomic E-state index is 12.2. The average molecular weight is 380 g/mol. The lowest BCUT2D eigenvalue weighted by atomic mass is 10.0. The summed E-state index contributed by atoms with van der Waals surface area (Å²) >= 11 is 5.77. The molecule has 0 amide bonds. The van der Waals surface area contributed by atoms with Gasteiger partial charge in [0, 0.05) is 30.1 Å². The molecule has 4 heterocycles. The van der Waals surface area contributed by atoms with Gasteiger partial charge < -0.3 is 9.47 Å². The van der Waals surface area contributed by atoms with Gasteiger partial charge >= 0.3 is 0 Å². The largest absolute Gasteiger partial charge is 0.343 e. The van der Waals surface area contributed by atoms with Crippen molar-refractivity contribution in [2.45, 2.75) is 24.9 Å². The molecular weight excluding hydrogens is 364 g/mol. The Kier molecular flexibility index (Phi) is 3.96. The maximum absolute atomic E-state index is 12.2. The number of Topliss-reactive ketones (excluding diaryl/α,β-unsaturated/α-hetero) is 1. The lowest BCUT2D eigenvalue weighted by Gasteiger charge is -2.26. The lowest BCUT2D eigenvalue weighted by Crippen LogP contribution is -2.37. The van der Waals surface area contributed by atoms with Crippen LogP contribution >= 0.6 is 12.2 Å². The summed E-state index contributed by atoms with van der Waals surface area (Å²) in [5, 5.41) is 4.79. The molecule has 2 aromatic heterocycles. The van der Waals surface area contributed by atoms with E-state index in [9.17, 15) is 4.79 Å². The molecule has 0 N–H and O–H groups in total. The molecule has 27 heavy (non-hydrogen) atoms. The van der Waals surface area contributed by atoms with Crippen molar-refractivity contribution in [2.75, 3.05) is 6.61 Å². The first-order valence-electron chi connectivity index (χ1n) is 8.69. The average Bonchev–Trinajstić information content (AvgIpc) is 3.29. The fraction of sp³-hybridized carbons (Fsp3) is 0.263. The molecule has 1 aromatic carbocycles. The molecule has 3 aromatic rings. The van der Waals surface area contributed by atoms with E-state index in [2.05, 4.69) is 4.98 Å². The molecule has 0 unspecified atom stereocenters. The number of aromatic nitrogens is 4. The van der Waals surface area contributed by atoms with Crippen LogP contribution in [0.5, 0.6) is 0 Å². The minimum absolute atomic E-state index is 0.0737. The van der Waals surface area contributed by atoms with Crippen molar-refractivity contribution in [1.29, 1.82) is 0 Å². The number of nitrogens with zero attached hydrogens (tertiary/aromatic N) is 4. The first-order valence-corrected chi connectivity index (χ1v) is 9.10. The minimum Gasteiger partial charge on any atom is -0.343 e. The van der Waals surface area contributed by atoms with E-state index in [0.29, 0.717) is 23.6 Å². The number of pyridine rings is 1. The molecule has 7 nitrogen and oxygen atoms in total. The van der Waals surface area contributed by atoms with Gasteiger partial charge in [-0.3, -0.25) is 14.3 Å². The van der Waals surface area contributed by atoms with Gasteiger partial charge in [-0.15, -0.1) is 0 Å². The third kappa shape index (κ3) is 2.73. The van der Waals surface area contributed by atoms with Gasteiger partial charge in [-0.25, -0.2) is 4.68 Å². The van der Waals surface area contributed by atoms with E-state index >= 15 is 0 Å². The minimum atomic E-state index is -0.740. The standard InChI is InChI=1S/C19H16N4O3S/c24-15-10-14(16-11-25-18(15)26-16)23-19(27)22(13-4-2-1-3-5-13)17(21-23)12-6-8-20-9-7-12/h1-9,14,16,18H,10-11H2/t14-,16-,18-/m1/s1. The summed E-state index contributed by atoms with van der Waals surface area (Å²) in [7, 11) is 0. The highest BCUT2D eigenvalue weighted by molar-refractivity contribution is 7.71. The number of para-hydroxylation sites is 1. The SMILES string of the molecule is O=C1C[C@@H](n2nc(-c3ccncc3)n(-c3ccccc3)c2=S)[C@H]2CO[C@@H]1O2. The van der Waals surface area contributed by atoms with Gasteiger partial charge in [-0.1, -0.05) is 18.2 Å².